The van der Waals surface area contributed by atoms with Crippen molar-refractivity contribution in [2.45, 2.75) is 19.9 Å². The van der Waals surface area contributed by atoms with Gasteiger partial charge in [-0.1, -0.05) is 23.7 Å². The maximum absolute atomic E-state index is 12.9. The molecule has 2 amide bonds. The van der Waals surface area contributed by atoms with E-state index in [1.165, 1.54) is 0 Å². The predicted octanol–water partition coefficient (Wildman–Crippen LogP) is 3.53. The molecule has 2 aromatic rings. The number of benzene rings is 2. The van der Waals surface area contributed by atoms with Gasteiger partial charge in [-0.05, 0) is 49.7 Å². The van der Waals surface area contributed by atoms with Crippen LogP contribution in [0.25, 0.3) is 0 Å². The van der Waals surface area contributed by atoms with Gasteiger partial charge >= 0.3 is 0 Å². The van der Waals surface area contributed by atoms with Gasteiger partial charge in [0, 0.05) is 23.2 Å². The van der Waals surface area contributed by atoms with Crippen molar-refractivity contribution in [1.82, 2.24) is 4.90 Å². The molecule has 2 aromatic carbocycles. The van der Waals surface area contributed by atoms with Crippen molar-refractivity contribution < 1.29 is 14.3 Å². The number of para-hydroxylation sites is 2. The number of piperazine rings is 1. The summed E-state index contributed by atoms with van der Waals surface area (Å²) in [6, 6.07) is 12.4. The summed E-state index contributed by atoms with van der Waals surface area (Å²) in [7, 11) is 1.58. The van der Waals surface area contributed by atoms with E-state index in [0.29, 0.717) is 22.9 Å². The molecule has 1 fully saturated rings. The van der Waals surface area contributed by atoms with Crippen molar-refractivity contribution in [3.05, 3.63) is 58.6 Å². The first-order valence-electron chi connectivity index (χ1n) is 8.43. The SMILES string of the molecule is COc1ccccc1N1CC(C)N(C(=O)c2ccc(Cl)c(C)c2)CC1=O. The van der Waals surface area contributed by atoms with Crippen LogP contribution in [0.2, 0.25) is 5.02 Å². The van der Waals surface area contributed by atoms with Gasteiger partial charge in [0.15, 0.2) is 0 Å². The Hall–Kier alpha value is -2.53. The molecule has 136 valence electrons. The number of aryl methyl sites for hydroxylation is 1. The Morgan fingerprint density at radius 3 is 2.65 bits per heavy atom. The van der Waals surface area contributed by atoms with E-state index in [-0.39, 0.29) is 24.4 Å². The summed E-state index contributed by atoms with van der Waals surface area (Å²) >= 11 is 6.04. The van der Waals surface area contributed by atoms with Gasteiger partial charge in [0.1, 0.15) is 12.3 Å². The molecule has 1 saturated heterocycles. The van der Waals surface area contributed by atoms with Gasteiger partial charge in [-0.25, -0.2) is 0 Å². The van der Waals surface area contributed by atoms with Crippen LogP contribution in [0, 0.1) is 6.92 Å². The van der Waals surface area contributed by atoms with E-state index in [9.17, 15) is 9.59 Å². The molecule has 1 heterocycles. The van der Waals surface area contributed by atoms with Gasteiger partial charge < -0.3 is 14.5 Å². The quantitative estimate of drug-likeness (QED) is 0.828. The summed E-state index contributed by atoms with van der Waals surface area (Å²) in [5.74, 6) is 0.345. The molecule has 3 rings (SSSR count). The first-order valence-corrected chi connectivity index (χ1v) is 8.80. The van der Waals surface area contributed by atoms with Crippen LogP contribution >= 0.6 is 11.6 Å². The van der Waals surface area contributed by atoms with Crippen LogP contribution in [-0.4, -0.2) is 43.0 Å². The Bertz CT molecular complexity index is 853. The fraction of sp³-hybridized carbons (Fsp3) is 0.300. The number of amides is 2. The zero-order valence-corrected chi connectivity index (χ0v) is 15.8. The van der Waals surface area contributed by atoms with E-state index in [4.69, 9.17) is 16.3 Å². The zero-order valence-electron chi connectivity index (χ0n) is 15.0. The van der Waals surface area contributed by atoms with E-state index < -0.39 is 0 Å². The average molecular weight is 373 g/mol. The Labute approximate surface area is 158 Å². The number of methoxy groups -OCH3 is 1. The van der Waals surface area contributed by atoms with E-state index in [1.54, 1.807) is 35.1 Å². The molecule has 1 aliphatic heterocycles. The average Bonchev–Trinajstić information content (AvgIpc) is 2.65. The normalized spacial score (nSPS) is 17.4. The second-order valence-corrected chi connectivity index (χ2v) is 6.83. The smallest absolute Gasteiger partial charge is 0.254 e. The molecular weight excluding hydrogens is 352 g/mol. The molecule has 1 aliphatic rings. The molecule has 1 unspecified atom stereocenters. The molecule has 0 radical (unpaired) electrons. The number of rotatable bonds is 3. The van der Waals surface area contributed by atoms with Crippen LogP contribution in [0.5, 0.6) is 5.75 Å². The second kappa shape index (κ2) is 7.38. The lowest BCUT2D eigenvalue weighted by atomic mass is 10.1. The van der Waals surface area contributed by atoms with Gasteiger partial charge in [-0.2, -0.15) is 0 Å². The number of halogens is 1. The maximum Gasteiger partial charge on any atom is 0.254 e. The van der Waals surface area contributed by atoms with Crippen LogP contribution in [0.1, 0.15) is 22.8 Å². The number of ether oxygens (including phenoxy) is 1. The lowest BCUT2D eigenvalue weighted by molar-refractivity contribution is -0.121. The maximum atomic E-state index is 12.9. The zero-order chi connectivity index (χ0) is 18.8. The highest BCUT2D eigenvalue weighted by molar-refractivity contribution is 6.31. The number of carbonyl (C=O) groups excluding carboxylic acids is 2. The lowest BCUT2D eigenvalue weighted by Gasteiger charge is -2.39. The van der Waals surface area contributed by atoms with E-state index >= 15 is 0 Å². The van der Waals surface area contributed by atoms with Crippen molar-refractivity contribution in [2.24, 2.45) is 0 Å². The molecular formula is C20H21ClN2O3. The molecule has 0 bridgehead atoms. The molecule has 26 heavy (non-hydrogen) atoms. The predicted molar refractivity (Wildman–Crippen MR) is 102 cm³/mol. The van der Waals surface area contributed by atoms with Crippen LogP contribution in [0.3, 0.4) is 0 Å². The second-order valence-electron chi connectivity index (χ2n) is 6.42. The van der Waals surface area contributed by atoms with Gasteiger partial charge in [0.05, 0.1) is 12.8 Å². The van der Waals surface area contributed by atoms with E-state index in [2.05, 4.69) is 0 Å². The van der Waals surface area contributed by atoms with Crippen molar-refractivity contribution >= 4 is 29.1 Å². The van der Waals surface area contributed by atoms with Crippen molar-refractivity contribution in [3.63, 3.8) is 0 Å². The molecule has 6 heteroatoms. The van der Waals surface area contributed by atoms with E-state index in [0.717, 1.165) is 11.3 Å². The summed E-state index contributed by atoms with van der Waals surface area (Å²) in [5, 5.41) is 0.617. The van der Waals surface area contributed by atoms with Crippen LogP contribution in [0.15, 0.2) is 42.5 Å². The largest absolute Gasteiger partial charge is 0.495 e. The highest BCUT2D eigenvalue weighted by Crippen LogP contribution is 2.30. The lowest BCUT2D eigenvalue weighted by Crippen LogP contribution is -2.57. The highest BCUT2D eigenvalue weighted by atomic mass is 35.5. The number of hydrogen-bond acceptors (Lipinski definition) is 3. The Morgan fingerprint density at radius 1 is 1.23 bits per heavy atom. The molecule has 0 N–H and O–H groups in total. The summed E-state index contributed by atoms with van der Waals surface area (Å²) in [4.78, 5) is 28.9. The van der Waals surface area contributed by atoms with E-state index in [1.807, 2.05) is 38.1 Å². The third-order valence-corrected chi connectivity index (χ3v) is 5.05. The number of hydrogen-bond donors (Lipinski definition) is 0. The minimum absolute atomic E-state index is 0.0275. The summed E-state index contributed by atoms with van der Waals surface area (Å²) in [6.07, 6.45) is 0. The first kappa shape index (κ1) is 18.3. The summed E-state index contributed by atoms with van der Waals surface area (Å²) in [6.45, 7) is 4.24. The molecule has 0 aliphatic carbocycles. The topological polar surface area (TPSA) is 49.9 Å². The van der Waals surface area contributed by atoms with Crippen molar-refractivity contribution in [2.75, 3.05) is 25.1 Å². The van der Waals surface area contributed by atoms with Gasteiger partial charge in [-0.3, -0.25) is 9.59 Å². The fourth-order valence-corrected chi connectivity index (χ4v) is 3.27. The van der Waals surface area contributed by atoms with Crippen molar-refractivity contribution in [3.8, 4) is 5.75 Å². The minimum atomic E-state index is -0.162. The fourth-order valence-electron chi connectivity index (χ4n) is 3.15. The summed E-state index contributed by atoms with van der Waals surface area (Å²) in [5.41, 5.74) is 2.10. The Kier molecular flexibility index (Phi) is 5.18. The molecule has 0 saturated carbocycles. The van der Waals surface area contributed by atoms with Crippen LogP contribution in [0.4, 0.5) is 5.69 Å². The monoisotopic (exact) mass is 372 g/mol. The standard InChI is InChI=1S/C20H21ClN2O3/c1-13-10-15(8-9-16(13)21)20(25)22-12-19(24)23(11-14(22)2)17-6-4-5-7-18(17)26-3/h4-10,14H,11-12H2,1-3H3. The number of anilines is 1. The number of carbonyl (C=O) groups is 2. The van der Waals surface area contributed by atoms with Crippen LogP contribution in [-0.2, 0) is 4.79 Å². The molecule has 0 aromatic heterocycles. The molecule has 5 nitrogen and oxygen atoms in total. The van der Waals surface area contributed by atoms with Gasteiger partial charge in [-0.15, -0.1) is 0 Å². The minimum Gasteiger partial charge on any atom is -0.495 e. The van der Waals surface area contributed by atoms with Crippen LogP contribution < -0.4 is 9.64 Å². The van der Waals surface area contributed by atoms with Gasteiger partial charge in [0.2, 0.25) is 5.91 Å². The number of nitrogens with zero attached hydrogens (tertiary/aromatic N) is 2. The third kappa shape index (κ3) is 3.40. The summed E-state index contributed by atoms with van der Waals surface area (Å²) < 4.78 is 5.36. The Balaban J connectivity index is 1.83. The van der Waals surface area contributed by atoms with Gasteiger partial charge in [0.25, 0.3) is 5.91 Å². The third-order valence-electron chi connectivity index (χ3n) is 4.63. The molecule has 1 atom stereocenters. The first-order chi connectivity index (χ1) is 12.4. The molecule has 0 spiro atoms. The van der Waals surface area contributed by atoms with Crippen molar-refractivity contribution in [1.29, 1.82) is 0 Å². The highest BCUT2D eigenvalue weighted by Gasteiger charge is 2.34. The Morgan fingerprint density at radius 2 is 1.96 bits per heavy atom.